The lowest BCUT2D eigenvalue weighted by molar-refractivity contribution is 0.172. The number of hydrogen-bond donors (Lipinski definition) is 2. The topological polar surface area (TPSA) is 66.3 Å². The van der Waals surface area contributed by atoms with Crippen LogP contribution in [0, 0.1) is 11.3 Å². The molecule has 120 valence electrons. The summed E-state index contributed by atoms with van der Waals surface area (Å²) in [5.41, 5.74) is 1.34. The fourth-order valence-corrected chi connectivity index (χ4v) is 5.07. The highest BCUT2D eigenvalue weighted by Gasteiger charge is 2.23. The van der Waals surface area contributed by atoms with E-state index < -0.39 is 6.64 Å². The van der Waals surface area contributed by atoms with Gasteiger partial charge in [-0.3, -0.25) is 5.09 Å². The van der Waals surface area contributed by atoms with Crippen molar-refractivity contribution in [3.8, 4) is 6.07 Å². The third kappa shape index (κ3) is 6.82. The summed E-state index contributed by atoms with van der Waals surface area (Å²) in [5, 5.41) is 15.1. The summed E-state index contributed by atoms with van der Waals surface area (Å²) in [6.45, 7) is 4.86. The van der Waals surface area contributed by atoms with Gasteiger partial charge in [0.05, 0.1) is 23.8 Å². The lowest BCUT2D eigenvalue weighted by Gasteiger charge is -2.27. The molecule has 0 aromatic heterocycles. The van der Waals surface area contributed by atoms with Gasteiger partial charge < -0.3 is 14.4 Å². The molecule has 0 atom stereocenters. The third-order valence-electron chi connectivity index (χ3n) is 2.21. The second-order valence-electron chi connectivity index (χ2n) is 5.06. The van der Waals surface area contributed by atoms with Crippen molar-refractivity contribution in [1.82, 2.24) is 5.09 Å². The van der Waals surface area contributed by atoms with Crippen molar-refractivity contribution in [2.24, 2.45) is 0 Å². The Balaban J connectivity index is 2.74. The van der Waals surface area contributed by atoms with Gasteiger partial charge in [0.15, 0.2) is 5.11 Å². The number of rotatable bonds is 6. The van der Waals surface area contributed by atoms with Crippen LogP contribution in [0.5, 0.6) is 0 Å². The zero-order valence-corrected chi connectivity index (χ0v) is 15.5. The maximum atomic E-state index is 8.78. The van der Waals surface area contributed by atoms with E-state index in [1.54, 1.807) is 24.3 Å². The van der Waals surface area contributed by atoms with Gasteiger partial charge in [-0.25, -0.2) is 0 Å². The molecule has 0 radical (unpaired) electrons. The zero-order valence-electron chi connectivity index (χ0n) is 13.0. The van der Waals surface area contributed by atoms with E-state index in [-0.39, 0.29) is 12.2 Å². The maximum absolute atomic E-state index is 8.78. The van der Waals surface area contributed by atoms with E-state index in [4.69, 9.17) is 38.3 Å². The molecule has 1 aromatic rings. The molecular weight excluding hydrogens is 337 g/mol. The van der Waals surface area contributed by atoms with Crippen molar-refractivity contribution in [1.29, 1.82) is 5.26 Å². The minimum atomic E-state index is -2.71. The van der Waals surface area contributed by atoms with Crippen molar-refractivity contribution < 1.29 is 9.05 Å². The average Bonchev–Trinajstić information content (AvgIpc) is 2.36. The summed E-state index contributed by atoms with van der Waals surface area (Å²) in [6.07, 6.45) is -0.149. The van der Waals surface area contributed by atoms with Crippen LogP contribution in [0.1, 0.15) is 33.3 Å². The molecule has 0 aliphatic heterocycles. The second-order valence-corrected chi connectivity index (χ2v) is 8.55. The fraction of sp³-hybridized carbons (Fsp3) is 0.429. The lowest BCUT2D eigenvalue weighted by atomic mass is 10.2. The first-order valence-corrected chi connectivity index (χ1v) is 9.85. The first-order chi connectivity index (χ1) is 10.2. The van der Waals surface area contributed by atoms with Crippen LogP contribution in [0.15, 0.2) is 24.3 Å². The molecule has 22 heavy (non-hydrogen) atoms. The van der Waals surface area contributed by atoms with Crippen LogP contribution < -0.4 is 10.4 Å². The summed E-state index contributed by atoms with van der Waals surface area (Å²) in [4.78, 5) is 0. The SMILES string of the molecule is CC(C)OP(=S)(NC(=S)Nc1ccc(C#N)cc1)OC(C)C. The van der Waals surface area contributed by atoms with Crippen LogP contribution in [0.4, 0.5) is 5.69 Å². The van der Waals surface area contributed by atoms with Gasteiger partial charge in [-0.15, -0.1) is 0 Å². The molecule has 8 heteroatoms. The van der Waals surface area contributed by atoms with Crippen molar-refractivity contribution in [3.63, 3.8) is 0 Å². The molecule has 1 aromatic carbocycles. The van der Waals surface area contributed by atoms with Gasteiger partial charge in [0.2, 0.25) is 0 Å². The summed E-state index contributed by atoms with van der Waals surface area (Å²) >= 11 is 10.7. The van der Waals surface area contributed by atoms with Crippen LogP contribution >= 0.6 is 18.9 Å². The third-order valence-corrected chi connectivity index (χ3v) is 5.25. The number of nitrogens with zero attached hydrogens (tertiary/aromatic N) is 1. The van der Waals surface area contributed by atoms with Crippen molar-refractivity contribution in [2.75, 3.05) is 5.32 Å². The predicted octanol–water partition coefficient (Wildman–Crippen LogP) is 3.92. The van der Waals surface area contributed by atoms with Crippen LogP contribution in [-0.2, 0) is 20.9 Å². The summed E-state index contributed by atoms with van der Waals surface area (Å²) in [7, 11) is 0. The highest BCUT2D eigenvalue weighted by molar-refractivity contribution is 8.09. The number of nitriles is 1. The molecule has 0 aliphatic rings. The Morgan fingerprint density at radius 2 is 1.64 bits per heavy atom. The highest BCUT2D eigenvalue weighted by Crippen LogP contribution is 2.46. The van der Waals surface area contributed by atoms with E-state index >= 15 is 0 Å². The van der Waals surface area contributed by atoms with E-state index in [1.165, 1.54) is 0 Å². The van der Waals surface area contributed by atoms with Crippen LogP contribution in [0.3, 0.4) is 0 Å². The maximum Gasteiger partial charge on any atom is 0.289 e. The van der Waals surface area contributed by atoms with E-state index in [2.05, 4.69) is 16.5 Å². The second kappa shape index (κ2) is 8.56. The summed E-state index contributed by atoms with van der Waals surface area (Å²) < 4.78 is 11.4. The average molecular weight is 357 g/mol. The van der Waals surface area contributed by atoms with Crippen molar-refractivity contribution in [2.45, 2.75) is 39.9 Å². The van der Waals surface area contributed by atoms with Crippen LogP contribution in [-0.4, -0.2) is 17.3 Å². The zero-order chi connectivity index (χ0) is 16.8. The standard InChI is InChI=1S/C14H20N3O2PS2/c1-10(2)18-20(22,19-11(3)4)17-14(21)16-13-7-5-12(9-15)6-8-13/h5-8,10-11H,1-4H3,(H2,16,17,21,22). The molecule has 0 bridgehead atoms. The number of anilines is 1. The molecule has 2 N–H and O–H groups in total. The molecule has 0 unspecified atom stereocenters. The first kappa shape index (κ1) is 19.0. The number of hydrogen-bond acceptors (Lipinski definition) is 5. The lowest BCUT2D eigenvalue weighted by Crippen LogP contribution is -2.29. The van der Waals surface area contributed by atoms with Gasteiger partial charge in [0.25, 0.3) is 6.64 Å². The van der Waals surface area contributed by atoms with Gasteiger partial charge in [-0.2, -0.15) is 5.26 Å². The molecule has 0 saturated heterocycles. The van der Waals surface area contributed by atoms with Crippen molar-refractivity contribution >= 4 is 41.5 Å². The quantitative estimate of drug-likeness (QED) is 0.591. The summed E-state index contributed by atoms with van der Waals surface area (Å²) in [6, 6.07) is 9.00. The van der Waals surface area contributed by atoms with E-state index in [9.17, 15) is 0 Å². The van der Waals surface area contributed by atoms with Gasteiger partial charge in [0.1, 0.15) is 0 Å². The van der Waals surface area contributed by atoms with E-state index in [0.29, 0.717) is 10.7 Å². The van der Waals surface area contributed by atoms with Gasteiger partial charge in [-0.1, -0.05) is 0 Å². The summed E-state index contributed by atoms with van der Waals surface area (Å²) in [5.74, 6) is 0. The van der Waals surface area contributed by atoms with Gasteiger partial charge in [-0.05, 0) is 76.0 Å². The smallest absolute Gasteiger partial charge is 0.289 e. The molecule has 0 spiro atoms. The molecular formula is C14H20N3O2PS2. The van der Waals surface area contributed by atoms with E-state index in [0.717, 1.165) is 5.69 Å². The van der Waals surface area contributed by atoms with Crippen molar-refractivity contribution in [3.05, 3.63) is 29.8 Å². The predicted molar refractivity (Wildman–Crippen MR) is 97.2 cm³/mol. The van der Waals surface area contributed by atoms with Gasteiger partial charge >= 0.3 is 0 Å². The Bertz CT molecular complexity index is 583. The molecule has 5 nitrogen and oxygen atoms in total. The fourth-order valence-electron chi connectivity index (χ4n) is 1.54. The Kier molecular flexibility index (Phi) is 7.40. The minimum Gasteiger partial charge on any atom is -0.332 e. The highest BCUT2D eigenvalue weighted by atomic mass is 32.5. The molecule has 0 fully saturated rings. The molecule has 0 aliphatic carbocycles. The Labute approximate surface area is 142 Å². The largest absolute Gasteiger partial charge is 0.332 e. The van der Waals surface area contributed by atoms with Gasteiger partial charge in [0, 0.05) is 5.69 Å². The number of nitrogens with one attached hydrogen (secondary N) is 2. The normalized spacial score (nSPS) is 11.3. The van der Waals surface area contributed by atoms with Crippen LogP contribution in [0.25, 0.3) is 0 Å². The number of thiocarbonyl (C=S) groups is 1. The molecule has 1 rings (SSSR count). The molecule has 0 saturated carbocycles. The molecule has 0 heterocycles. The Morgan fingerprint density at radius 1 is 1.14 bits per heavy atom. The number of benzene rings is 1. The minimum absolute atomic E-state index is 0.0743. The Morgan fingerprint density at radius 3 is 2.05 bits per heavy atom. The van der Waals surface area contributed by atoms with E-state index in [1.807, 2.05) is 27.7 Å². The molecule has 0 amide bonds. The van der Waals surface area contributed by atoms with Crippen LogP contribution in [0.2, 0.25) is 0 Å². The monoisotopic (exact) mass is 357 g/mol. The Hall–Kier alpha value is -1.03. The first-order valence-electron chi connectivity index (χ1n) is 6.80.